The van der Waals surface area contributed by atoms with Gasteiger partial charge in [-0.05, 0) is 17.5 Å². The number of hydrogen-bond acceptors (Lipinski definition) is 3. The summed E-state index contributed by atoms with van der Waals surface area (Å²) in [4.78, 5) is 0. The molecule has 0 heterocycles. The average molecular weight is 251 g/mol. The van der Waals surface area contributed by atoms with Gasteiger partial charge in [0.25, 0.3) is 0 Å². The van der Waals surface area contributed by atoms with Crippen LogP contribution in [0.4, 0.5) is 0 Å². The van der Waals surface area contributed by atoms with Crippen LogP contribution in [0, 0.1) is 0 Å². The number of aliphatic hydroxyl groups is 1. The van der Waals surface area contributed by atoms with Gasteiger partial charge in [0, 0.05) is 11.6 Å². The van der Waals surface area contributed by atoms with Crippen molar-refractivity contribution in [2.75, 3.05) is 13.7 Å². The summed E-state index contributed by atoms with van der Waals surface area (Å²) in [5.74, 6) is 1.29. The predicted molar refractivity (Wildman–Crippen MR) is 75.2 cm³/mol. The fourth-order valence-corrected chi connectivity index (χ4v) is 2.03. The predicted octanol–water partition coefficient (Wildman–Crippen LogP) is 2.85. The minimum atomic E-state index is -0.0846. The molecule has 0 aliphatic rings. The highest BCUT2D eigenvalue weighted by Crippen LogP contribution is 2.29. The first kappa shape index (κ1) is 15.0. The molecule has 0 bridgehead atoms. The van der Waals surface area contributed by atoms with Crippen molar-refractivity contribution < 1.29 is 9.84 Å². The lowest BCUT2D eigenvalue weighted by atomic mass is 9.96. The quantitative estimate of drug-likeness (QED) is 0.817. The molecular weight excluding hydrogens is 226 g/mol. The van der Waals surface area contributed by atoms with Crippen LogP contribution < -0.4 is 10.1 Å². The van der Waals surface area contributed by atoms with Gasteiger partial charge >= 0.3 is 0 Å². The van der Waals surface area contributed by atoms with E-state index in [4.69, 9.17) is 4.74 Å². The van der Waals surface area contributed by atoms with E-state index >= 15 is 0 Å². The minimum Gasteiger partial charge on any atom is -0.496 e. The Bertz CT molecular complexity index is 375. The van der Waals surface area contributed by atoms with Crippen LogP contribution in [-0.4, -0.2) is 24.9 Å². The first-order valence-corrected chi connectivity index (χ1v) is 6.54. The Labute approximate surface area is 110 Å². The van der Waals surface area contributed by atoms with Crippen molar-refractivity contribution in [3.8, 4) is 5.75 Å². The van der Waals surface area contributed by atoms with E-state index in [1.165, 1.54) is 5.56 Å². The first-order valence-electron chi connectivity index (χ1n) is 6.54. The minimum absolute atomic E-state index is 0.0656. The highest BCUT2D eigenvalue weighted by molar-refractivity contribution is 5.40. The maximum absolute atomic E-state index is 9.56. The summed E-state index contributed by atoms with van der Waals surface area (Å²) in [6.07, 6.45) is 0. The molecule has 1 atom stereocenters. The van der Waals surface area contributed by atoms with Gasteiger partial charge in [0.2, 0.25) is 0 Å². The van der Waals surface area contributed by atoms with Crippen molar-refractivity contribution in [3.63, 3.8) is 0 Å². The zero-order valence-electron chi connectivity index (χ0n) is 12.0. The van der Waals surface area contributed by atoms with Crippen LogP contribution in [-0.2, 0) is 0 Å². The van der Waals surface area contributed by atoms with E-state index < -0.39 is 0 Å². The van der Waals surface area contributed by atoms with E-state index in [9.17, 15) is 5.11 Å². The van der Waals surface area contributed by atoms with Crippen LogP contribution in [0.15, 0.2) is 18.2 Å². The molecule has 2 N–H and O–H groups in total. The lowest BCUT2D eigenvalue weighted by Crippen LogP contribution is -2.30. The van der Waals surface area contributed by atoms with Gasteiger partial charge in [-0.2, -0.15) is 0 Å². The van der Waals surface area contributed by atoms with Gasteiger partial charge in [0.05, 0.1) is 19.8 Å². The summed E-state index contributed by atoms with van der Waals surface area (Å²) in [5.41, 5.74) is 2.29. The monoisotopic (exact) mass is 251 g/mol. The first-order chi connectivity index (χ1) is 8.49. The fourth-order valence-electron chi connectivity index (χ4n) is 2.03. The Hall–Kier alpha value is -1.06. The van der Waals surface area contributed by atoms with Crippen LogP contribution in [0.5, 0.6) is 5.75 Å². The number of nitrogens with one attached hydrogen (secondary N) is 1. The van der Waals surface area contributed by atoms with E-state index in [1.54, 1.807) is 7.11 Å². The molecule has 0 fully saturated rings. The van der Waals surface area contributed by atoms with Gasteiger partial charge in [-0.3, -0.25) is 0 Å². The number of hydrogen-bond donors (Lipinski definition) is 2. The van der Waals surface area contributed by atoms with E-state index in [2.05, 4.69) is 45.1 Å². The Morgan fingerprint density at radius 2 is 1.89 bits per heavy atom. The molecule has 3 heteroatoms. The second-order valence-electron chi connectivity index (χ2n) is 5.21. The number of rotatable bonds is 6. The molecule has 0 saturated carbocycles. The Kier molecular flexibility index (Phi) is 5.63. The smallest absolute Gasteiger partial charge is 0.123 e. The summed E-state index contributed by atoms with van der Waals surface area (Å²) in [7, 11) is 1.66. The van der Waals surface area contributed by atoms with Gasteiger partial charge < -0.3 is 15.2 Å². The van der Waals surface area contributed by atoms with Crippen molar-refractivity contribution >= 4 is 0 Å². The fraction of sp³-hybridized carbons (Fsp3) is 0.600. The molecular formula is C15H25NO2. The molecule has 3 nitrogen and oxygen atoms in total. The summed E-state index contributed by atoms with van der Waals surface area (Å²) in [6.45, 7) is 8.53. The summed E-state index contributed by atoms with van der Waals surface area (Å²) in [5, 5.41) is 12.9. The molecule has 1 rings (SSSR count). The largest absolute Gasteiger partial charge is 0.496 e. The maximum Gasteiger partial charge on any atom is 0.123 e. The Morgan fingerprint density at radius 1 is 1.22 bits per heavy atom. The lowest BCUT2D eigenvalue weighted by molar-refractivity contribution is 0.234. The molecule has 102 valence electrons. The van der Waals surface area contributed by atoms with E-state index in [-0.39, 0.29) is 12.6 Å². The zero-order chi connectivity index (χ0) is 13.7. The van der Waals surface area contributed by atoms with Gasteiger partial charge in [0.15, 0.2) is 0 Å². The molecule has 0 spiro atoms. The molecule has 0 aromatic heterocycles. The van der Waals surface area contributed by atoms with Crippen LogP contribution >= 0.6 is 0 Å². The normalized spacial score (nSPS) is 13.1. The highest BCUT2D eigenvalue weighted by Gasteiger charge is 2.17. The Balaban J connectivity index is 3.12. The van der Waals surface area contributed by atoms with Gasteiger partial charge in [-0.15, -0.1) is 0 Å². The summed E-state index contributed by atoms with van der Waals surface area (Å²) >= 11 is 0. The van der Waals surface area contributed by atoms with Crippen LogP contribution in [0.25, 0.3) is 0 Å². The van der Waals surface area contributed by atoms with Gasteiger partial charge in [-0.25, -0.2) is 0 Å². The average Bonchev–Trinajstić information content (AvgIpc) is 2.34. The molecule has 0 saturated heterocycles. The number of aliphatic hydroxyl groups excluding tert-OH is 1. The topological polar surface area (TPSA) is 41.5 Å². The van der Waals surface area contributed by atoms with Gasteiger partial charge in [-0.1, -0.05) is 39.8 Å². The molecule has 1 aromatic carbocycles. The second kappa shape index (κ2) is 6.76. The van der Waals surface area contributed by atoms with Crippen LogP contribution in [0.2, 0.25) is 0 Å². The van der Waals surface area contributed by atoms with Crippen molar-refractivity contribution in [2.45, 2.75) is 45.7 Å². The number of methoxy groups -OCH3 is 1. The van der Waals surface area contributed by atoms with Crippen molar-refractivity contribution in [3.05, 3.63) is 29.3 Å². The van der Waals surface area contributed by atoms with Gasteiger partial charge in [0.1, 0.15) is 5.75 Å². The number of benzene rings is 1. The molecule has 0 aliphatic heterocycles. The molecule has 0 radical (unpaired) electrons. The molecule has 0 aliphatic carbocycles. The van der Waals surface area contributed by atoms with Crippen LogP contribution in [0.3, 0.4) is 0 Å². The Morgan fingerprint density at radius 3 is 2.33 bits per heavy atom. The summed E-state index contributed by atoms with van der Waals surface area (Å²) < 4.78 is 5.39. The standard InChI is InChI=1S/C15H25NO2/c1-10(2)12-6-7-15(18-5)13(8-12)14(9-17)16-11(3)4/h6-8,10-11,14,16-17H,9H2,1-5H3. The third kappa shape index (κ3) is 3.72. The SMILES string of the molecule is COc1ccc(C(C)C)cc1C(CO)NC(C)C. The zero-order valence-corrected chi connectivity index (χ0v) is 12.0. The highest BCUT2D eigenvalue weighted by atomic mass is 16.5. The molecule has 1 aromatic rings. The maximum atomic E-state index is 9.56. The van der Waals surface area contributed by atoms with Crippen molar-refractivity contribution in [1.29, 1.82) is 0 Å². The van der Waals surface area contributed by atoms with Crippen molar-refractivity contribution in [1.82, 2.24) is 5.32 Å². The van der Waals surface area contributed by atoms with E-state index in [0.29, 0.717) is 12.0 Å². The molecule has 1 unspecified atom stereocenters. The van der Waals surface area contributed by atoms with Crippen LogP contribution in [0.1, 0.15) is 50.8 Å². The third-order valence-corrected chi connectivity index (χ3v) is 3.01. The molecule has 0 amide bonds. The second-order valence-corrected chi connectivity index (χ2v) is 5.21. The third-order valence-electron chi connectivity index (χ3n) is 3.01. The molecule has 18 heavy (non-hydrogen) atoms. The summed E-state index contributed by atoms with van der Waals surface area (Å²) in [6, 6.07) is 6.42. The van der Waals surface area contributed by atoms with E-state index in [1.807, 2.05) is 6.07 Å². The van der Waals surface area contributed by atoms with Crippen molar-refractivity contribution in [2.24, 2.45) is 0 Å². The van der Waals surface area contributed by atoms with E-state index in [0.717, 1.165) is 11.3 Å². The lowest BCUT2D eigenvalue weighted by Gasteiger charge is -2.23. The number of ether oxygens (including phenoxy) is 1.